The monoisotopic (exact) mass is 344 g/mol. The van der Waals surface area contributed by atoms with Gasteiger partial charge in [0.25, 0.3) is 5.91 Å². The molecule has 0 bridgehead atoms. The summed E-state index contributed by atoms with van der Waals surface area (Å²) in [6, 6.07) is 10.4. The average molecular weight is 344 g/mol. The Morgan fingerprint density at radius 1 is 1.16 bits per heavy atom. The molecule has 3 rings (SSSR count). The first-order chi connectivity index (χ1) is 12.0. The molecule has 25 heavy (non-hydrogen) atoms. The van der Waals surface area contributed by atoms with Crippen molar-refractivity contribution in [3.63, 3.8) is 0 Å². The Balaban J connectivity index is 1.80. The molecule has 1 saturated heterocycles. The fourth-order valence-electron chi connectivity index (χ4n) is 3.30. The van der Waals surface area contributed by atoms with Crippen molar-refractivity contribution in [3.05, 3.63) is 59.7 Å². The van der Waals surface area contributed by atoms with Gasteiger partial charge in [0.1, 0.15) is 11.6 Å². The first-order valence-electron chi connectivity index (χ1n) is 8.56. The lowest BCUT2D eigenvalue weighted by molar-refractivity contribution is 0.0656. The molecule has 0 spiro atoms. The zero-order chi connectivity index (χ0) is 18.0. The lowest BCUT2D eigenvalue weighted by Gasteiger charge is -2.34. The highest BCUT2D eigenvalue weighted by atomic mass is 19.1. The van der Waals surface area contributed by atoms with Crippen molar-refractivity contribution in [2.75, 3.05) is 13.1 Å². The van der Waals surface area contributed by atoms with Crippen LogP contribution in [-0.2, 0) is 0 Å². The highest BCUT2D eigenvalue weighted by Crippen LogP contribution is 2.25. The normalized spacial score (nSPS) is 18.9. The summed E-state index contributed by atoms with van der Waals surface area (Å²) in [4.78, 5) is 14.4. The fraction of sp³-hybridized carbons (Fsp3) is 0.350. The average Bonchev–Trinajstić information content (AvgIpc) is 2.62. The van der Waals surface area contributed by atoms with Crippen LogP contribution >= 0.6 is 0 Å². The largest absolute Gasteiger partial charge is 0.338 e. The van der Waals surface area contributed by atoms with E-state index in [1.54, 1.807) is 23.1 Å². The first-order valence-corrected chi connectivity index (χ1v) is 8.56. The molecule has 1 fully saturated rings. The van der Waals surface area contributed by atoms with E-state index >= 15 is 0 Å². The van der Waals surface area contributed by atoms with Gasteiger partial charge in [0, 0.05) is 19.1 Å². The smallest absolute Gasteiger partial charge is 0.256 e. The van der Waals surface area contributed by atoms with Crippen LogP contribution in [0.2, 0.25) is 0 Å². The third kappa shape index (κ3) is 3.87. The molecule has 0 saturated carbocycles. The summed E-state index contributed by atoms with van der Waals surface area (Å²) in [6.07, 6.45) is 1.88. The predicted octanol–water partition coefficient (Wildman–Crippen LogP) is 3.83. The number of benzene rings is 2. The SMILES string of the molecule is CC(N)C1CCCN(C(=O)c2ccc(-c3ccc(F)cc3)cc2F)C1. The molecule has 1 heterocycles. The molecule has 132 valence electrons. The van der Waals surface area contributed by atoms with Gasteiger partial charge in [-0.2, -0.15) is 0 Å². The minimum absolute atomic E-state index is 0.0151. The zero-order valence-electron chi connectivity index (χ0n) is 14.2. The third-order valence-corrected chi connectivity index (χ3v) is 4.87. The Hall–Kier alpha value is -2.27. The Labute approximate surface area is 146 Å². The first kappa shape index (κ1) is 17.5. The second-order valence-corrected chi connectivity index (χ2v) is 6.71. The summed E-state index contributed by atoms with van der Waals surface area (Å²) in [7, 11) is 0. The summed E-state index contributed by atoms with van der Waals surface area (Å²) in [5.74, 6) is -0.952. The van der Waals surface area contributed by atoms with Crippen molar-refractivity contribution in [3.8, 4) is 11.1 Å². The number of hydrogen-bond donors (Lipinski definition) is 1. The highest BCUT2D eigenvalue weighted by Gasteiger charge is 2.27. The van der Waals surface area contributed by atoms with E-state index in [1.807, 2.05) is 6.92 Å². The summed E-state index contributed by atoms with van der Waals surface area (Å²) in [5, 5.41) is 0. The topological polar surface area (TPSA) is 46.3 Å². The van der Waals surface area contributed by atoms with Crippen LogP contribution in [0.15, 0.2) is 42.5 Å². The van der Waals surface area contributed by atoms with Crippen LogP contribution in [0.25, 0.3) is 11.1 Å². The number of rotatable bonds is 3. The molecule has 0 aliphatic carbocycles. The van der Waals surface area contributed by atoms with E-state index in [9.17, 15) is 13.6 Å². The van der Waals surface area contributed by atoms with E-state index in [1.165, 1.54) is 24.3 Å². The van der Waals surface area contributed by atoms with Gasteiger partial charge in [-0.25, -0.2) is 8.78 Å². The van der Waals surface area contributed by atoms with Gasteiger partial charge in [0.15, 0.2) is 0 Å². The van der Waals surface area contributed by atoms with Crippen LogP contribution in [0.1, 0.15) is 30.1 Å². The van der Waals surface area contributed by atoms with Gasteiger partial charge in [0.05, 0.1) is 5.56 Å². The van der Waals surface area contributed by atoms with E-state index in [-0.39, 0.29) is 29.2 Å². The van der Waals surface area contributed by atoms with Crippen LogP contribution in [0.5, 0.6) is 0 Å². The van der Waals surface area contributed by atoms with Crippen molar-refractivity contribution < 1.29 is 13.6 Å². The van der Waals surface area contributed by atoms with Crippen molar-refractivity contribution in [1.82, 2.24) is 4.90 Å². The zero-order valence-corrected chi connectivity index (χ0v) is 14.2. The van der Waals surface area contributed by atoms with E-state index in [4.69, 9.17) is 5.73 Å². The number of halogens is 2. The fourth-order valence-corrected chi connectivity index (χ4v) is 3.30. The number of carbonyl (C=O) groups excluding carboxylic acids is 1. The van der Waals surface area contributed by atoms with Gasteiger partial charge < -0.3 is 10.6 Å². The Morgan fingerprint density at radius 3 is 2.48 bits per heavy atom. The Bertz CT molecular complexity index is 759. The van der Waals surface area contributed by atoms with Gasteiger partial charge in [-0.3, -0.25) is 4.79 Å². The van der Waals surface area contributed by atoms with Crippen molar-refractivity contribution in [1.29, 1.82) is 0 Å². The van der Waals surface area contributed by atoms with Crippen molar-refractivity contribution in [2.45, 2.75) is 25.8 Å². The molecular weight excluding hydrogens is 322 g/mol. The molecular formula is C20H22F2N2O. The maximum absolute atomic E-state index is 14.5. The van der Waals surface area contributed by atoms with Crippen LogP contribution in [0.4, 0.5) is 8.78 Å². The summed E-state index contributed by atoms with van der Waals surface area (Å²) in [5.41, 5.74) is 7.34. The number of hydrogen-bond acceptors (Lipinski definition) is 2. The van der Waals surface area contributed by atoms with Gasteiger partial charge in [-0.15, -0.1) is 0 Å². The van der Waals surface area contributed by atoms with E-state index in [0.717, 1.165) is 12.8 Å². The molecule has 2 N–H and O–H groups in total. The lowest BCUT2D eigenvalue weighted by atomic mass is 9.91. The minimum atomic E-state index is -0.560. The number of likely N-dealkylation sites (tertiary alicyclic amines) is 1. The molecule has 1 amide bonds. The van der Waals surface area contributed by atoms with E-state index in [0.29, 0.717) is 24.2 Å². The van der Waals surface area contributed by atoms with Crippen molar-refractivity contribution >= 4 is 5.91 Å². The highest BCUT2D eigenvalue weighted by molar-refractivity contribution is 5.95. The van der Waals surface area contributed by atoms with E-state index in [2.05, 4.69) is 0 Å². The number of piperidine rings is 1. The van der Waals surface area contributed by atoms with Crippen molar-refractivity contribution in [2.24, 2.45) is 11.7 Å². The maximum atomic E-state index is 14.5. The van der Waals surface area contributed by atoms with Gasteiger partial charge in [-0.05, 0) is 61.1 Å². The number of carbonyl (C=O) groups is 1. The molecule has 2 aromatic carbocycles. The van der Waals surface area contributed by atoms with Crippen LogP contribution in [0.3, 0.4) is 0 Å². The standard InChI is InChI=1S/C20H22F2N2O/c1-13(23)16-3-2-10-24(12-16)20(25)18-9-6-15(11-19(18)22)14-4-7-17(21)8-5-14/h4-9,11,13,16H,2-3,10,12,23H2,1H3. The van der Waals surface area contributed by atoms with E-state index < -0.39 is 5.82 Å². The number of nitrogens with zero attached hydrogens (tertiary/aromatic N) is 1. The molecule has 2 unspecified atom stereocenters. The van der Waals surface area contributed by atoms with Gasteiger partial charge in [0.2, 0.25) is 0 Å². The maximum Gasteiger partial charge on any atom is 0.256 e. The molecule has 5 heteroatoms. The third-order valence-electron chi connectivity index (χ3n) is 4.87. The second-order valence-electron chi connectivity index (χ2n) is 6.71. The molecule has 2 atom stereocenters. The molecule has 1 aliphatic heterocycles. The minimum Gasteiger partial charge on any atom is -0.338 e. The molecule has 3 nitrogen and oxygen atoms in total. The van der Waals surface area contributed by atoms with Crippen LogP contribution < -0.4 is 5.73 Å². The predicted molar refractivity (Wildman–Crippen MR) is 94.1 cm³/mol. The Morgan fingerprint density at radius 2 is 1.84 bits per heavy atom. The molecule has 2 aromatic rings. The second kappa shape index (κ2) is 7.31. The molecule has 0 aromatic heterocycles. The summed E-state index contributed by atoms with van der Waals surface area (Å²) in [6.45, 7) is 3.13. The quantitative estimate of drug-likeness (QED) is 0.920. The van der Waals surface area contributed by atoms with Gasteiger partial charge in [-0.1, -0.05) is 18.2 Å². The summed E-state index contributed by atoms with van der Waals surface area (Å²) < 4.78 is 27.5. The lowest BCUT2D eigenvalue weighted by Crippen LogP contribution is -2.45. The Kier molecular flexibility index (Phi) is 5.13. The molecule has 1 aliphatic rings. The van der Waals surface area contributed by atoms with Crippen LogP contribution in [-0.4, -0.2) is 29.9 Å². The number of amides is 1. The van der Waals surface area contributed by atoms with Gasteiger partial charge >= 0.3 is 0 Å². The van der Waals surface area contributed by atoms with Crippen LogP contribution in [0, 0.1) is 17.6 Å². The molecule has 0 radical (unpaired) electrons. The number of nitrogens with two attached hydrogens (primary N) is 1. The summed E-state index contributed by atoms with van der Waals surface area (Å²) >= 11 is 0.